The third kappa shape index (κ3) is 69.5. The van der Waals surface area contributed by atoms with Gasteiger partial charge in [-0.05, 0) is 43.4 Å². The Morgan fingerprint density at radius 2 is 0.526 bits per heavy atom. The molecule has 0 aromatic carbocycles. The third-order valence-electron chi connectivity index (χ3n) is 18.9. The molecule has 19 heteroatoms. The maximum absolute atomic E-state index is 13.1. The van der Waals surface area contributed by atoms with E-state index in [2.05, 4.69) is 48.5 Å². The van der Waals surface area contributed by atoms with Crippen molar-refractivity contribution in [2.24, 2.45) is 17.8 Å². The molecule has 17 nitrogen and oxygen atoms in total. The Balaban J connectivity index is 5.28. The first-order valence-electron chi connectivity index (χ1n) is 40.4. The zero-order valence-electron chi connectivity index (χ0n) is 63.5. The average Bonchev–Trinajstić information content (AvgIpc) is 1.20. The predicted molar refractivity (Wildman–Crippen MR) is 395 cm³/mol. The minimum atomic E-state index is -4.96. The molecule has 0 saturated carbocycles. The Morgan fingerprint density at radius 1 is 0.299 bits per heavy atom. The van der Waals surface area contributed by atoms with Crippen LogP contribution in [0.4, 0.5) is 0 Å². The number of unbranched alkanes of at least 4 members (excludes halogenated alkanes) is 42. The standard InChI is InChI=1S/C78H152O17P2/c1-8-11-12-13-14-15-16-17-18-19-20-21-24-31-40-47-54-61-77(82)94-73(65-88-75(80)59-52-45-38-30-25-22-23-28-35-42-49-56-69(4)5)67-92-96(84,85)90-63-72(79)64-91-97(86,87)93-68-74(66-89-76(81)60-53-46-39-34-33-37-44-51-58-71(7)10-3)95-78(83)62-55-48-41-32-27-26-29-36-43-50-57-70(6)9-2/h69-74,79H,8-68H2,1-7H3,(H,84,85)(H,86,87)/t70?,71?,72-,73-,74-/m1/s1. The molecule has 0 spiro atoms. The summed E-state index contributed by atoms with van der Waals surface area (Å²) in [5, 5.41) is 10.6. The van der Waals surface area contributed by atoms with Crippen LogP contribution in [0.2, 0.25) is 0 Å². The lowest BCUT2D eigenvalue weighted by atomic mass is 9.99. The van der Waals surface area contributed by atoms with Crippen molar-refractivity contribution in [1.82, 2.24) is 0 Å². The molecule has 0 bridgehead atoms. The Labute approximate surface area is 594 Å². The maximum Gasteiger partial charge on any atom is 0.472 e. The number of phosphoric acid groups is 2. The second-order valence-corrected chi connectivity index (χ2v) is 32.0. The third-order valence-corrected chi connectivity index (χ3v) is 20.8. The van der Waals surface area contributed by atoms with E-state index in [1.54, 1.807) is 0 Å². The number of phosphoric ester groups is 2. The van der Waals surface area contributed by atoms with Crippen LogP contribution in [0.25, 0.3) is 0 Å². The van der Waals surface area contributed by atoms with E-state index in [0.29, 0.717) is 25.7 Å². The first kappa shape index (κ1) is 95.1. The van der Waals surface area contributed by atoms with Crippen LogP contribution in [-0.2, 0) is 65.4 Å². The minimum Gasteiger partial charge on any atom is -0.462 e. The quantitative estimate of drug-likeness (QED) is 0.0222. The summed E-state index contributed by atoms with van der Waals surface area (Å²) in [6, 6.07) is 0. The van der Waals surface area contributed by atoms with Gasteiger partial charge in [-0.1, -0.05) is 350 Å². The van der Waals surface area contributed by atoms with Gasteiger partial charge in [0, 0.05) is 25.7 Å². The lowest BCUT2D eigenvalue weighted by Gasteiger charge is -2.21. The molecule has 0 amide bonds. The molecule has 0 saturated heterocycles. The zero-order valence-corrected chi connectivity index (χ0v) is 65.3. The molecule has 576 valence electrons. The van der Waals surface area contributed by atoms with Crippen molar-refractivity contribution in [3.05, 3.63) is 0 Å². The molecular weight excluding hydrogens is 1270 g/mol. The van der Waals surface area contributed by atoms with Gasteiger partial charge < -0.3 is 33.8 Å². The number of carbonyl (C=O) groups excluding carboxylic acids is 4. The van der Waals surface area contributed by atoms with Gasteiger partial charge in [-0.2, -0.15) is 0 Å². The van der Waals surface area contributed by atoms with Gasteiger partial charge in [0.2, 0.25) is 0 Å². The van der Waals surface area contributed by atoms with E-state index in [-0.39, 0.29) is 25.7 Å². The summed E-state index contributed by atoms with van der Waals surface area (Å²) in [6.07, 6.45) is 55.3. The molecule has 97 heavy (non-hydrogen) atoms. The molecule has 0 rings (SSSR count). The monoisotopic (exact) mass is 1420 g/mol. The normalized spacial score (nSPS) is 14.6. The van der Waals surface area contributed by atoms with Crippen molar-refractivity contribution in [3.63, 3.8) is 0 Å². The van der Waals surface area contributed by atoms with Crippen LogP contribution in [0, 0.1) is 17.8 Å². The maximum atomic E-state index is 13.1. The van der Waals surface area contributed by atoms with Crippen molar-refractivity contribution >= 4 is 39.5 Å². The fourth-order valence-corrected chi connectivity index (χ4v) is 13.5. The largest absolute Gasteiger partial charge is 0.472 e. The molecule has 0 aromatic rings. The van der Waals surface area contributed by atoms with E-state index in [1.165, 1.54) is 212 Å². The van der Waals surface area contributed by atoms with Crippen LogP contribution in [0.15, 0.2) is 0 Å². The Hall–Kier alpha value is -1.94. The van der Waals surface area contributed by atoms with Gasteiger partial charge in [0.05, 0.1) is 26.4 Å². The highest BCUT2D eigenvalue weighted by atomic mass is 31.2. The fourth-order valence-electron chi connectivity index (χ4n) is 11.9. The topological polar surface area (TPSA) is 237 Å². The van der Waals surface area contributed by atoms with Gasteiger partial charge in [-0.15, -0.1) is 0 Å². The number of esters is 4. The van der Waals surface area contributed by atoms with Gasteiger partial charge in [-0.25, -0.2) is 9.13 Å². The number of aliphatic hydroxyl groups excluding tert-OH is 1. The number of rotatable bonds is 76. The smallest absolute Gasteiger partial charge is 0.462 e. The average molecular weight is 1420 g/mol. The van der Waals surface area contributed by atoms with E-state index >= 15 is 0 Å². The number of hydrogen-bond donors (Lipinski definition) is 3. The van der Waals surface area contributed by atoms with Crippen molar-refractivity contribution in [2.75, 3.05) is 39.6 Å². The highest BCUT2D eigenvalue weighted by Crippen LogP contribution is 2.45. The van der Waals surface area contributed by atoms with Gasteiger partial charge in [-0.3, -0.25) is 37.3 Å². The molecule has 0 aliphatic rings. The molecule has 3 N–H and O–H groups in total. The van der Waals surface area contributed by atoms with E-state index in [0.717, 1.165) is 108 Å². The molecule has 0 heterocycles. The lowest BCUT2D eigenvalue weighted by molar-refractivity contribution is -0.161. The van der Waals surface area contributed by atoms with E-state index in [4.69, 9.17) is 37.0 Å². The number of ether oxygens (including phenoxy) is 4. The first-order valence-corrected chi connectivity index (χ1v) is 43.4. The van der Waals surface area contributed by atoms with Crippen LogP contribution in [-0.4, -0.2) is 96.7 Å². The summed E-state index contributed by atoms with van der Waals surface area (Å²) in [4.78, 5) is 73.0. The van der Waals surface area contributed by atoms with Crippen LogP contribution >= 0.6 is 15.6 Å². The number of hydrogen-bond acceptors (Lipinski definition) is 15. The molecule has 7 atom stereocenters. The van der Waals surface area contributed by atoms with Crippen LogP contribution in [0.5, 0.6) is 0 Å². The Bertz CT molecular complexity index is 1890. The van der Waals surface area contributed by atoms with Gasteiger partial charge in [0.1, 0.15) is 19.3 Å². The van der Waals surface area contributed by atoms with Gasteiger partial charge >= 0.3 is 39.5 Å². The molecular formula is C78H152O17P2. The van der Waals surface area contributed by atoms with Crippen molar-refractivity contribution in [2.45, 2.75) is 420 Å². The summed E-state index contributed by atoms with van der Waals surface area (Å²) in [5.74, 6) is 0.237. The first-order chi connectivity index (χ1) is 46.8. The second kappa shape index (κ2) is 68.5. The Morgan fingerprint density at radius 3 is 0.784 bits per heavy atom. The van der Waals surface area contributed by atoms with Crippen molar-refractivity contribution in [1.29, 1.82) is 0 Å². The highest BCUT2D eigenvalue weighted by Gasteiger charge is 2.30. The van der Waals surface area contributed by atoms with Gasteiger partial charge in [0.25, 0.3) is 0 Å². The van der Waals surface area contributed by atoms with E-state index < -0.39 is 97.5 Å². The molecule has 0 aliphatic carbocycles. The van der Waals surface area contributed by atoms with Crippen molar-refractivity contribution in [3.8, 4) is 0 Å². The molecule has 0 fully saturated rings. The number of aliphatic hydroxyl groups is 1. The summed E-state index contributed by atoms with van der Waals surface area (Å²) in [7, 11) is -9.92. The Kier molecular flexibility index (Phi) is 67.1. The summed E-state index contributed by atoms with van der Waals surface area (Å²) in [6.45, 7) is 12.0. The van der Waals surface area contributed by atoms with E-state index in [1.807, 2.05) is 0 Å². The molecule has 4 unspecified atom stereocenters. The lowest BCUT2D eigenvalue weighted by Crippen LogP contribution is -2.30. The minimum absolute atomic E-state index is 0.106. The van der Waals surface area contributed by atoms with Crippen molar-refractivity contribution < 1.29 is 80.2 Å². The highest BCUT2D eigenvalue weighted by molar-refractivity contribution is 7.47. The predicted octanol–water partition coefficient (Wildman–Crippen LogP) is 23.0. The van der Waals surface area contributed by atoms with E-state index in [9.17, 15) is 43.2 Å². The van der Waals surface area contributed by atoms with Gasteiger partial charge in [0.15, 0.2) is 12.2 Å². The van der Waals surface area contributed by atoms with Crippen LogP contribution in [0.1, 0.15) is 402 Å². The molecule has 0 aromatic heterocycles. The SMILES string of the molecule is CCCCCCCCCCCCCCCCCCCC(=O)O[C@H](COC(=O)CCCCCCCCCCCCCC(C)C)COP(=O)(O)OC[C@@H](O)COP(=O)(O)OC[C@@H](COC(=O)CCCCCCCCCCC(C)CC)OC(=O)CCCCCCCCCCCCC(C)CC. The molecule has 0 aliphatic heterocycles. The zero-order chi connectivity index (χ0) is 71.6. The summed E-state index contributed by atoms with van der Waals surface area (Å²) < 4.78 is 68.7. The summed E-state index contributed by atoms with van der Waals surface area (Å²) in [5.41, 5.74) is 0. The summed E-state index contributed by atoms with van der Waals surface area (Å²) >= 11 is 0. The molecule has 0 radical (unpaired) electrons. The fraction of sp³-hybridized carbons (Fsp3) is 0.949. The second-order valence-electron chi connectivity index (χ2n) is 29.1. The number of carbonyl (C=O) groups is 4. The van der Waals surface area contributed by atoms with Crippen LogP contribution < -0.4 is 0 Å². The van der Waals surface area contributed by atoms with Crippen LogP contribution in [0.3, 0.4) is 0 Å².